The minimum Gasteiger partial charge on any atom is -0.342 e. The molecule has 27 heavy (non-hydrogen) atoms. The molecular formula is C16H11BrN6O4. The highest BCUT2D eigenvalue weighted by Gasteiger charge is 2.18. The topological polar surface area (TPSA) is 144 Å². The lowest BCUT2D eigenvalue weighted by Gasteiger charge is -2.03. The minimum atomic E-state index is -0.459. The normalized spacial score (nSPS) is 12.5. The Morgan fingerprint density at radius 2 is 1.48 bits per heavy atom. The fourth-order valence-electron chi connectivity index (χ4n) is 2.81. The second kappa shape index (κ2) is 6.43. The third-order valence-electron chi connectivity index (χ3n) is 4.09. The molecular weight excluding hydrogens is 420 g/mol. The minimum absolute atomic E-state index is 0.00743. The van der Waals surface area contributed by atoms with Crippen LogP contribution < -0.4 is 0 Å². The number of nitro benzene ring substituents is 2. The molecule has 2 heterocycles. The van der Waals surface area contributed by atoms with E-state index in [1.807, 2.05) is 0 Å². The van der Waals surface area contributed by atoms with E-state index in [0.29, 0.717) is 40.1 Å². The van der Waals surface area contributed by atoms with Crippen LogP contribution in [0, 0.1) is 20.2 Å². The average Bonchev–Trinajstić information content (AvgIpc) is 3.23. The van der Waals surface area contributed by atoms with E-state index in [1.165, 1.54) is 24.3 Å². The van der Waals surface area contributed by atoms with Crippen molar-refractivity contribution >= 4 is 49.4 Å². The van der Waals surface area contributed by atoms with Crippen molar-refractivity contribution in [1.82, 2.24) is 19.9 Å². The van der Waals surface area contributed by atoms with E-state index in [4.69, 9.17) is 0 Å². The molecule has 0 aliphatic heterocycles. The Labute approximate surface area is 159 Å². The maximum absolute atomic E-state index is 10.9. The number of nitrogens with zero attached hydrogens (tertiary/aromatic N) is 4. The second-order valence-corrected chi connectivity index (χ2v) is 7.00. The molecule has 0 saturated heterocycles. The van der Waals surface area contributed by atoms with Crippen molar-refractivity contribution in [1.29, 1.82) is 0 Å². The van der Waals surface area contributed by atoms with Gasteiger partial charge >= 0.3 is 0 Å². The van der Waals surface area contributed by atoms with Crippen LogP contribution in [0.25, 0.3) is 22.1 Å². The summed E-state index contributed by atoms with van der Waals surface area (Å²) in [5.41, 5.74) is 2.40. The summed E-state index contributed by atoms with van der Waals surface area (Å²) in [5, 5.41) is 21.8. The van der Waals surface area contributed by atoms with E-state index in [9.17, 15) is 20.2 Å². The molecule has 0 bridgehead atoms. The number of non-ortho nitro benzene ring substituents is 2. The molecule has 1 atom stereocenters. The lowest BCUT2D eigenvalue weighted by molar-refractivity contribution is -0.384. The van der Waals surface area contributed by atoms with Gasteiger partial charge in [0.2, 0.25) is 0 Å². The van der Waals surface area contributed by atoms with Gasteiger partial charge in [0.1, 0.15) is 11.6 Å². The van der Waals surface area contributed by atoms with Crippen LogP contribution in [0.2, 0.25) is 0 Å². The Morgan fingerprint density at radius 1 is 0.926 bits per heavy atom. The number of nitrogens with one attached hydrogen (secondary N) is 2. The van der Waals surface area contributed by atoms with Crippen LogP contribution in [0.3, 0.4) is 0 Å². The van der Waals surface area contributed by atoms with Gasteiger partial charge in [-0.15, -0.1) is 0 Å². The maximum atomic E-state index is 10.9. The molecule has 4 rings (SSSR count). The van der Waals surface area contributed by atoms with Crippen LogP contribution in [0.4, 0.5) is 11.4 Å². The van der Waals surface area contributed by atoms with Crippen LogP contribution in [-0.4, -0.2) is 29.8 Å². The zero-order chi connectivity index (χ0) is 19.1. The van der Waals surface area contributed by atoms with Crippen molar-refractivity contribution in [3.63, 3.8) is 0 Å². The number of rotatable bonds is 5. The fraction of sp³-hybridized carbons (Fsp3) is 0.125. The highest BCUT2D eigenvalue weighted by atomic mass is 79.9. The van der Waals surface area contributed by atoms with E-state index in [-0.39, 0.29) is 16.2 Å². The standard InChI is InChI=1S/C16H11BrN6O4/c17-10(16-20-12-4-2-9(23(26)27)6-14(12)21-16)7-15-18-11-3-1-8(22(24)25)5-13(11)19-15/h1-6,10H,7H2,(H,18,19)(H,20,21)/t10-/m1/s1. The highest BCUT2D eigenvalue weighted by molar-refractivity contribution is 9.09. The Morgan fingerprint density at radius 3 is 2.07 bits per heavy atom. The fourth-order valence-corrected chi connectivity index (χ4v) is 3.33. The molecule has 0 unspecified atom stereocenters. The number of nitro groups is 2. The number of alkyl halides is 1. The van der Waals surface area contributed by atoms with E-state index in [0.717, 1.165) is 0 Å². The predicted octanol–water partition coefficient (Wildman–Crippen LogP) is 3.93. The molecule has 0 aliphatic rings. The summed E-state index contributed by atoms with van der Waals surface area (Å²) in [5.74, 6) is 1.25. The summed E-state index contributed by atoms with van der Waals surface area (Å²) in [7, 11) is 0. The average molecular weight is 431 g/mol. The Bertz CT molecular complexity index is 1200. The van der Waals surface area contributed by atoms with Crippen LogP contribution in [0.15, 0.2) is 36.4 Å². The number of aromatic amines is 2. The number of H-pyrrole nitrogens is 2. The Kier molecular flexibility index (Phi) is 4.07. The second-order valence-electron chi connectivity index (χ2n) is 5.89. The molecule has 0 amide bonds. The van der Waals surface area contributed by atoms with Crippen LogP contribution in [-0.2, 0) is 6.42 Å². The number of fused-ring (bicyclic) bond motifs is 2. The molecule has 0 aliphatic carbocycles. The van der Waals surface area contributed by atoms with E-state index < -0.39 is 9.85 Å². The maximum Gasteiger partial charge on any atom is 0.271 e. The van der Waals surface area contributed by atoms with E-state index in [2.05, 4.69) is 35.9 Å². The zero-order valence-electron chi connectivity index (χ0n) is 13.5. The first-order chi connectivity index (χ1) is 12.9. The zero-order valence-corrected chi connectivity index (χ0v) is 15.1. The highest BCUT2D eigenvalue weighted by Crippen LogP contribution is 2.28. The molecule has 2 aromatic carbocycles. The largest absolute Gasteiger partial charge is 0.342 e. The van der Waals surface area contributed by atoms with Crippen molar-refractivity contribution in [2.75, 3.05) is 0 Å². The van der Waals surface area contributed by atoms with Gasteiger partial charge in [0.05, 0.1) is 36.7 Å². The first kappa shape index (κ1) is 17.1. The van der Waals surface area contributed by atoms with Crippen LogP contribution in [0.5, 0.6) is 0 Å². The number of hydrogen-bond acceptors (Lipinski definition) is 6. The summed E-state index contributed by atoms with van der Waals surface area (Å²) in [4.78, 5) is 35.6. The number of imidazole rings is 2. The van der Waals surface area contributed by atoms with Crippen molar-refractivity contribution in [2.45, 2.75) is 11.2 Å². The van der Waals surface area contributed by atoms with Crippen molar-refractivity contribution in [3.8, 4) is 0 Å². The monoisotopic (exact) mass is 430 g/mol. The van der Waals surface area contributed by atoms with Crippen molar-refractivity contribution in [2.24, 2.45) is 0 Å². The predicted molar refractivity (Wildman–Crippen MR) is 101 cm³/mol. The van der Waals surface area contributed by atoms with E-state index >= 15 is 0 Å². The summed E-state index contributed by atoms with van der Waals surface area (Å²) < 4.78 is 0. The first-order valence-electron chi connectivity index (χ1n) is 7.82. The van der Waals surface area contributed by atoms with E-state index in [1.54, 1.807) is 12.1 Å². The van der Waals surface area contributed by atoms with Gasteiger partial charge in [-0.1, -0.05) is 15.9 Å². The number of benzene rings is 2. The van der Waals surface area contributed by atoms with Gasteiger partial charge in [-0.05, 0) is 12.1 Å². The lowest BCUT2D eigenvalue weighted by Crippen LogP contribution is -1.99. The molecule has 11 heteroatoms. The molecule has 2 aromatic heterocycles. The molecule has 0 radical (unpaired) electrons. The summed E-state index contributed by atoms with van der Waals surface area (Å²) >= 11 is 3.55. The SMILES string of the molecule is O=[N+]([O-])c1ccc2nc(C[C@@H](Br)c3nc4ccc([N+](=O)[O-])cc4[nH]3)[nH]c2c1. The molecule has 136 valence electrons. The number of halogens is 1. The van der Waals surface area contributed by atoms with Gasteiger partial charge in [0, 0.05) is 30.7 Å². The summed E-state index contributed by atoms with van der Waals surface area (Å²) in [6, 6.07) is 8.87. The van der Waals surface area contributed by atoms with Crippen molar-refractivity contribution in [3.05, 3.63) is 68.3 Å². The molecule has 10 nitrogen and oxygen atoms in total. The summed E-state index contributed by atoms with van der Waals surface area (Å²) in [6.45, 7) is 0. The third-order valence-corrected chi connectivity index (χ3v) is 4.85. The molecule has 0 fully saturated rings. The van der Waals surface area contributed by atoms with Gasteiger partial charge < -0.3 is 9.97 Å². The first-order valence-corrected chi connectivity index (χ1v) is 8.73. The van der Waals surface area contributed by atoms with Gasteiger partial charge in [-0.2, -0.15) is 0 Å². The van der Waals surface area contributed by atoms with Crippen molar-refractivity contribution < 1.29 is 9.85 Å². The smallest absolute Gasteiger partial charge is 0.271 e. The van der Waals surface area contributed by atoms with Gasteiger partial charge in [0.25, 0.3) is 11.4 Å². The molecule has 4 aromatic rings. The third kappa shape index (κ3) is 3.24. The molecule has 0 spiro atoms. The lowest BCUT2D eigenvalue weighted by atomic mass is 10.3. The van der Waals surface area contributed by atoms with Gasteiger partial charge in [0.15, 0.2) is 0 Å². The van der Waals surface area contributed by atoms with Gasteiger partial charge in [-0.25, -0.2) is 9.97 Å². The molecule has 2 N–H and O–H groups in total. The van der Waals surface area contributed by atoms with Crippen LogP contribution in [0.1, 0.15) is 16.5 Å². The van der Waals surface area contributed by atoms with Crippen LogP contribution >= 0.6 is 15.9 Å². The van der Waals surface area contributed by atoms with Gasteiger partial charge in [-0.3, -0.25) is 20.2 Å². The summed E-state index contributed by atoms with van der Waals surface area (Å²) in [6.07, 6.45) is 0.449. The Balaban J connectivity index is 1.60. The Hall–Kier alpha value is -3.34. The molecule has 0 saturated carbocycles. The quantitative estimate of drug-likeness (QED) is 0.278. The number of aromatic nitrogens is 4. The number of hydrogen-bond donors (Lipinski definition) is 2.